The topological polar surface area (TPSA) is 113 Å². The third-order valence-corrected chi connectivity index (χ3v) is 7.23. The van der Waals surface area contributed by atoms with Gasteiger partial charge in [-0.05, 0) is 36.2 Å². The summed E-state index contributed by atoms with van der Waals surface area (Å²) < 4.78 is 17.1. The van der Waals surface area contributed by atoms with Crippen LogP contribution in [0.1, 0.15) is 35.3 Å². The fourth-order valence-corrected chi connectivity index (χ4v) is 4.73. The summed E-state index contributed by atoms with van der Waals surface area (Å²) in [7, 11) is 1.68. The molecule has 2 aromatic carbocycles. The average Bonchev–Trinajstić information content (AvgIpc) is 3.46. The van der Waals surface area contributed by atoms with Crippen LogP contribution in [0.2, 0.25) is 0 Å². The van der Waals surface area contributed by atoms with Gasteiger partial charge in [0.05, 0.1) is 19.2 Å². The molecule has 3 atom stereocenters. The number of carbonyl (C=O) groups is 2. The van der Waals surface area contributed by atoms with Gasteiger partial charge in [0.1, 0.15) is 11.7 Å². The van der Waals surface area contributed by atoms with Crippen molar-refractivity contribution in [3.8, 4) is 17.4 Å². The number of carbonyl (C=O) groups excluding carboxylic acids is 2. The molecule has 10 heteroatoms. The maximum atomic E-state index is 13.7. The molecule has 0 spiro atoms. The highest BCUT2D eigenvalue weighted by Gasteiger charge is 2.34. The highest BCUT2D eigenvalue weighted by Crippen LogP contribution is 2.34. The third kappa shape index (κ3) is 6.44. The van der Waals surface area contributed by atoms with Crippen molar-refractivity contribution >= 4 is 29.8 Å². The van der Waals surface area contributed by atoms with Crippen molar-refractivity contribution in [3.05, 3.63) is 77.5 Å². The largest absolute Gasteiger partial charge is 0.472 e. The van der Waals surface area contributed by atoms with E-state index in [0.29, 0.717) is 29.3 Å². The number of nitrogens with zero attached hydrogens (tertiary/aromatic N) is 3. The van der Waals surface area contributed by atoms with Gasteiger partial charge in [0.2, 0.25) is 12.7 Å². The van der Waals surface area contributed by atoms with Gasteiger partial charge in [-0.3, -0.25) is 4.79 Å². The van der Waals surface area contributed by atoms with Crippen molar-refractivity contribution in [2.75, 3.05) is 38.9 Å². The molecule has 0 fully saturated rings. The van der Waals surface area contributed by atoms with Crippen LogP contribution in [0, 0.1) is 5.92 Å². The number of aliphatic hydroxyl groups is 1. The summed E-state index contributed by atoms with van der Waals surface area (Å²) in [5.74, 6) is 0.979. The molecule has 0 saturated heterocycles. The SMILES string of the molecule is C[C@H](CO)N1C[C@H](C)[C@H](CN(C)C(=O)Nc2ccc3c(c2)OCO3)Oc2ncc(/C=C/c3ccccc3)cc2C1=O. The molecule has 2 N–H and O–H groups in total. The third-order valence-electron chi connectivity index (χ3n) is 7.23. The van der Waals surface area contributed by atoms with E-state index in [4.69, 9.17) is 14.2 Å². The summed E-state index contributed by atoms with van der Waals surface area (Å²) in [5.41, 5.74) is 2.65. The second-order valence-corrected chi connectivity index (χ2v) is 10.4. The normalized spacial score (nSPS) is 18.7. The van der Waals surface area contributed by atoms with Crippen LogP contribution in [0.25, 0.3) is 12.2 Å². The molecule has 5 rings (SSSR count). The predicted octanol–water partition coefficient (Wildman–Crippen LogP) is 4.36. The summed E-state index contributed by atoms with van der Waals surface area (Å²) >= 11 is 0. The van der Waals surface area contributed by atoms with E-state index >= 15 is 0 Å². The van der Waals surface area contributed by atoms with Crippen LogP contribution in [0.4, 0.5) is 10.5 Å². The lowest BCUT2D eigenvalue weighted by atomic mass is 10.00. The maximum absolute atomic E-state index is 13.7. The monoisotopic (exact) mass is 558 g/mol. The second kappa shape index (κ2) is 12.3. The Hall–Kier alpha value is -4.57. The fourth-order valence-electron chi connectivity index (χ4n) is 4.73. The number of urea groups is 1. The summed E-state index contributed by atoms with van der Waals surface area (Å²) in [6.07, 6.45) is 5.03. The zero-order chi connectivity index (χ0) is 28.9. The average molecular weight is 559 g/mol. The van der Waals surface area contributed by atoms with E-state index in [2.05, 4.69) is 10.3 Å². The number of anilines is 1. The molecule has 3 amide bonds. The lowest BCUT2D eigenvalue weighted by Gasteiger charge is -2.37. The Morgan fingerprint density at radius 2 is 1.90 bits per heavy atom. The van der Waals surface area contributed by atoms with Gasteiger partial charge in [0.15, 0.2) is 11.5 Å². The lowest BCUT2D eigenvalue weighted by Crippen LogP contribution is -2.50. The van der Waals surface area contributed by atoms with Gasteiger partial charge in [0.25, 0.3) is 5.91 Å². The van der Waals surface area contributed by atoms with Crippen LogP contribution < -0.4 is 19.5 Å². The van der Waals surface area contributed by atoms with Gasteiger partial charge in [-0.15, -0.1) is 0 Å². The van der Waals surface area contributed by atoms with Crippen molar-refractivity contribution in [1.29, 1.82) is 0 Å². The zero-order valence-corrected chi connectivity index (χ0v) is 23.3. The number of hydrogen-bond donors (Lipinski definition) is 2. The molecule has 0 radical (unpaired) electrons. The van der Waals surface area contributed by atoms with E-state index in [0.717, 1.165) is 11.1 Å². The molecule has 0 saturated carbocycles. The summed E-state index contributed by atoms with van der Waals surface area (Å²) in [4.78, 5) is 34.4. The molecular formula is C31H34N4O6. The van der Waals surface area contributed by atoms with E-state index in [-0.39, 0.29) is 43.7 Å². The Bertz CT molecular complexity index is 1430. The van der Waals surface area contributed by atoms with Crippen LogP contribution in [-0.4, -0.2) is 77.5 Å². The first-order chi connectivity index (χ1) is 19.8. The molecule has 0 unspecified atom stereocenters. The molecule has 2 aliphatic rings. The standard InChI is InChI=1S/C31H34N4O6/c1-20-16-35(21(2)18-36)30(37)25-13-23(10-9-22-7-5-4-6-8-22)15-32-29(25)41-28(20)17-34(3)31(38)33-24-11-12-26-27(14-24)40-19-39-26/h4-15,20-21,28,36H,16-19H2,1-3H3,(H,33,38)/b10-9+/t20-,21+,28-/m0/s1. The van der Waals surface area contributed by atoms with E-state index in [9.17, 15) is 14.7 Å². The number of pyridine rings is 1. The summed E-state index contributed by atoms with van der Waals surface area (Å²) in [5, 5.41) is 12.8. The first kappa shape index (κ1) is 28.0. The molecule has 10 nitrogen and oxygen atoms in total. The quantitative estimate of drug-likeness (QED) is 0.443. The first-order valence-electron chi connectivity index (χ1n) is 13.6. The predicted molar refractivity (Wildman–Crippen MR) is 155 cm³/mol. The Labute approximate surface area is 239 Å². The molecule has 41 heavy (non-hydrogen) atoms. The van der Waals surface area contributed by atoms with Crippen molar-refractivity contribution in [1.82, 2.24) is 14.8 Å². The van der Waals surface area contributed by atoms with E-state index in [1.807, 2.05) is 49.4 Å². The van der Waals surface area contributed by atoms with Gasteiger partial charge >= 0.3 is 6.03 Å². The Morgan fingerprint density at radius 3 is 2.68 bits per heavy atom. The van der Waals surface area contributed by atoms with Gasteiger partial charge in [-0.2, -0.15) is 0 Å². The number of ether oxygens (including phenoxy) is 3. The van der Waals surface area contributed by atoms with Crippen LogP contribution in [0.5, 0.6) is 17.4 Å². The van der Waals surface area contributed by atoms with Gasteiger partial charge in [0, 0.05) is 37.5 Å². The van der Waals surface area contributed by atoms with Crippen LogP contribution in [0.3, 0.4) is 0 Å². The van der Waals surface area contributed by atoms with Crippen molar-refractivity contribution in [3.63, 3.8) is 0 Å². The molecule has 0 aliphatic carbocycles. The Balaban J connectivity index is 1.36. The molecule has 3 aromatic rings. The number of benzene rings is 2. The number of likely N-dealkylation sites (N-methyl/N-ethyl adjacent to an activating group) is 1. The number of hydrogen-bond acceptors (Lipinski definition) is 7. The lowest BCUT2D eigenvalue weighted by molar-refractivity contribution is 0.0356. The molecule has 0 bridgehead atoms. The minimum Gasteiger partial charge on any atom is -0.472 e. The summed E-state index contributed by atoms with van der Waals surface area (Å²) in [6.45, 7) is 4.31. The van der Waals surface area contributed by atoms with Crippen molar-refractivity contribution in [2.45, 2.75) is 26.0 Å². The van der Waals surface area contributed by atoms with E-state index < -0.39 is 12.1 Å². The number of aliphatic hydroxyl groups excluding tert-OH is 1. The maximum Gasteiger partial charge on any atom is 0.321 e. The Morgan fingerprint density at radius 1 is 1.15 bits per heavy atom. The Kier molecular flexibility index (Phi) is 8.39. The molecule has 3 heterocycles. The van der Waals surface area contributed by atoms with Crippen LogP contribution in [-0.2, 0) is 0 Å². The van der Waals surface area contributed by atoms with Crippen LogP contribution >= 0.6 is 0 Å². The number of rotatable bonds is 7. The smallest absolute Gasteiger partial charge is 0.321 e. The van der Waals surface area contributed by atoms with Gasteiger partial charge < -0.3 is 34.4 Å². The number of amides is 3. The summed E-state index contributed by atoms with van der Waals surface area (Å²) in [6, 6.07) is 16.1. The highest BCUT2D eigenvalue weighted by molar-refractivity contribution is 5.97. The first-order valence-corrected chi connectivity index (χ1v) is 13.6. The number of fused-ring (bicyclic) bond motifs is 2. The van der Waals surface area contributed by atoms with Gasteiger partial charge in [-0.1, -0.05) is 49.4 Å². The second-order valence-electron chi connectivity index (χ2n) is 10.4. The van der Waals surface area contributed by atoms with E-state index in [1.54, 1.807) is 49.3 Å². The molecule has 214 valence electrons. The zero-order valence-electron chi connectivity index (χ0n) is 23.3. The number of nitrogens with one attached hydrogen (secondary N) is 1. The highest BCUT2D eigenvalue weighted by atomic mass is 16.7. The number of aromatic nitrogens is 1. The molecular weight excluding hydrogens is 524 g/mol. The van der Waals surface area contributed by atoms with Crippen molar-refractivity contribution < 1.29 is 28.9 Å². The van der Waals surface area contributed by atoms with Crippen LogP contribution in [0.15, 0.2) is 60.8 Å². The van der Waals surface area contributed by atoms with Gasteiger partial charge in [-0.25, -0.2) is 9.78 Å². The minimum absolute atomic E-state index is 0.151. The van der Waals surface area contributed by atoms with Crippen molar-refractivity contribution in [2.24, 2.45) is 5.92 Å². The minimum atomic E-state index is -0.471. The molecule has 1 aromatic heterocycles. The fraction of sp³-hybridized carbons (Fsp3) is 0.323. The molecule has 2 aliphatic heterocycles. The van der Waals surface area contributed by atoms with E-state index in [1.165, 1.54) is 4.90 Å².